The number of carbonyl (C=O) groups is 2. The summed E-state index contributed by atoms with van der Waals surface area (Å²) >= 11 is 0. The van der Waals surface area contributed by atoms with E-state index in [-0.39, 0.29) is 6.61 Å². The zero-order valence-electron chi connectivity index (χ0n) is 9.91. The Morgan fingerprint density at radius 2 is 2.06 bits per heavy atom. The largest absolute Gasteiger partial charge is 0.480 e. The predicted molar refractivity (Wildman–Crippen MR) is 64.2 cm³/mol. The average molecular weight is 249 g/mol. The van der Waals surface area contributed by atoms with Crippen LogP contribution in [0, 0.1) is 0 Å². The molecule has 5 heteroatoms. The molecule has 0 bridgehead atoms. The first-order valence-electron chi connectivity index (χ1n) is 5.88. The summed E-state index contributed by atoms with van der Waals surface area (Å²) in [5, 5.41) is 8.81. The molecule has 0 aromatic heterocycles. The molecule has 1 amide bonds. The van der Waals surface area contributed by atoms with Crippen LogP contribution in [0.4, 0.5) is 4.79 Å². The Hall–Kier alpha value is -2.04. The van der Waals surface area contributed by atoms with E-state index in [4.69, 9.17) is 9.84 Å². The SMILES string of the molecule is O=C(O)[C@H]1CCN1C(=O)OCCc1ccccc1. The summed E-state index contributed by atoms with van der Waals surface area (Å²) < 4.78 is 5.05. The maximum absolute atomic E-state index is 11.6. The number of ether oxygens (including phenoxy) is 1. The number of likely N-dealkylation sites (tertiary alicyclic amines) is 1. The molecule has 1 aromatic rings. The highest BCUT2D eigenvalue weighted by Gasteiger charge is 2.38. The Morgan fingerprint density at radius 3 is 2.61 bits per heavy atom. The summed E-state index contributed by atoms with van der Waals surface area (Å²) in [5.74, 6) is -0.971. The van der Waals surface area contributed by atoms with Crippen molar-refractivity contribution in [2.75, 3.05) is 13.2 Å². The van der Waals surface area contributed by atoms with Gasteiger partial charge >= 0.3 is 12.1 Å². The van der Waals surface area contributed by atoms with E-state index in [1.807, 2.05) is 30.3 Å². The molecule has 0 spiro atoms. The maximum atomic E-state index is 11.6. The number of carbonyl (C=O) groups excluding carboxylic acids is 1. The van der Waals surface area contributed by atoms with Gasteiger partial charge < -0.3 is 9.84 Å². The third kappa shape index (κ3) is 2.80. The number of nitrogens with zero attached hydrogens (tertiary/aromatic N) is 1. The number of hydrogen-bond donors (Lipinski definition) is 1. The predicted octanol–water partition coefficient (Wildman–Crippen LogP) is 1.52. The van der Waals surface area contributed by atoms with Crippen molar-refractivity contribution in [3.8, 4) is 0 Å². The van der Waals surface area contributed by atoms with E-state index in [9.17, 15) is 9.59 Å². The van der Waals surface area contributed by atoms with Crippen molar-refractivity contribution in [3.63, 3.8) is 0 Å². The molecule has 18 heavy (non-hydrogen) atoms. The Balaban J connectivity index is 1.74. The monoisotopic (exact) mass is 249 g/mol. The molecule has 0 unspecified atom stereocenters. The average Bonchev–Trinajstić information content (AvgIpc) is 2.28. The van der Waals surface area contributed by atoms with Crippen molar-refractivity contribution < 1.29 is 19.4 Å². The molecule has 1 fully saturated rings. The number of hydrogen-bond acceptors (Lipinski definition) is 3. The summed E-state index contributed by atoms with van der Waals surface area (Å²) in [5.41, 5.74) is 1.09. The maximum Gasteiger partial charge on any atom is 0.410 e. The van der Waals surface area contributed by atoms with Gasteiger partial charge in [-0.15, -0.1) is 0 Å². The van der Waals surface area contributed by atoms with Crippen LogP contribution in [0.2, 0.25) is 0 Å². The van der Waals surface area contributed by atoms with Gasteiger partial charge in [0.1, 0.15) is 6.04 Å². The van der Waals surface area contributed by atoms with Crippen molar-refractivity contribution in [1.82, 2.24) is 4.90 Å². The van der Waals surface area contributed by atoms with Crippen molar-refractivity contribution in [2.45, 2.75) is 18.9 Å². The molecule has 1 heterocycles. The molecule has 1 aromatic carbocycles. The zero-order chi connectivity index (χ0) is 13.0. The third-order valence-electron chi connectivity index (χ3n) is 3.00. The fourth-order valence-corrected chi connectivity index (χ4v) is 1.85. The van der Waals surface area contributed by atoms with E-state index >= 15 is 0 Å². The van der Waals surface area contributed by atoms with Gasteiger partial charge in [-0.05, 0) is 12.0 Å². The van der Waals surface area contributed by atoms with Gasteiger partial charge in [0.15, 0.2) is 0 Å². The topological polar surface area (TPSA) is 66.8 Å². The first-order valence-corrected chi connectivity index (χ1v) is 5.88. The van der Waals surface area contributed by atoms with Gasteiger partial charge in [0.2, 0.25) is 0 Å². The molecular formula is C13H15NO4. The van der Waals surface area contributed by atoms with Gasteiger partial charge in [-0.1, -0.05) is 30.3 Å². The lowest BCUT2D eigenvalue weighted by atomic mass is 10.1. The Labute approximate surface area is 105 Å². The summed E-state index contributed by atoms with van der Waals surface area (Å²) in [6.07, 6.45) is 0.603. The van der Waals surface area contributed by atoms with E-state index in [1.54, 1.807) is 0 Å². The summed E-state index contributed by atoms with van der Waals surface area (Å²) in [7, 11) is 0. The van der Waals surface area contributed by atoms with Gasteiger partial charge in [0.05, 0.1) is 6.61 Å². The van der Waals surface area contributed by atoms with E-state index in [2.05, 4.69) is 0 Å². The molecule has 1 atom stereocenters. The van der Waals surface area contributed by atoms with Crippen molar-refractivity contribution in [3.05, 3.63) is 35.9 Å². The smallest absolute Gasteiger partial charge is 0.410 e. The molecule has 1 saturated heterocycles. The summed E-state index contributed by atoms with van der Waals surface area (Å²) in [4.78, 5) is 23.6. The highest BCUT2D eigenvalue weighted by Crippen LogP contribution is 2.18. The van der Waals surface area contributed by atoms with Gasteiger partial charge in [-0.3, -0.25) is 4.90 Å². The van der Waals surface area contributed by atoms with E-state index in [0.717, 1.165) is 5.56 Å². The van der Waals surface area contributed by atoms with Gasteiger partial charge in [0.25, 0.3) is 0 Å². The van der Waals surface area contributed by atoms with Crippen LogP contribution < -0.4 is 0 Å². The number of carboxylic acids is 1. The van der Waals surface area contributed by atoms with Crippen LogP contribution in [0.3, 0.4) is 0 Å². The molecule has 5 nitrogen and oxygen atoms in total. The van der Waals surface area contributed by atoms with E-state index < -0.39 is 18.1 Å². The highest BCUT2D eigenvalue weighted by atomic mass is 16.6. The van der Waals surface area contributed by atoms with Crippen molar-refractivity contribution in [1.29, 1.82) is 0 Å². The lowest BCUT2D eigenvalue weighted by molar-refractivity contribution is -0.146. The molecule has 1 aliphatic heterocycles. The van der Waals surface area contributed by atoms with Crippen LogP contribution in [0.1, 0.15) is 12.0 Å². The fraction of sp³-hybridized carbons (Fsp3) is 0.385. The number of amides is 1. The number of aliphatic carboxylic acids is 1. The number of benzene rings is 1. The Kier molecular flexibility index (Phi) is 3.82. The normalized spacial score (nSPS) is 18.0. The Morgan fingerprint density at radius 1 is 1.33 bits per heavy atom. The lowest BCUT2D eigenvalue weighted by Gasteiger charge is -2.36. The minimum Gasteiger partial charge on any atom is -0.480 e. The highest BCUT2D eigenvalue weighted by molar-refractivity contribution is 5.81. The second kappa shape index (κ2) is 5.53. The minimum absolute atomic E-state index is 0.270. The molecule has 0 saturated carbocycles. The van der Waals surface area contributed by atoms with Crippen LogP contribution in [0.5, 0.6) is 0 Å². The second-order valence-corrected chi connectivity index (χ2v) is 4.19. The quantitative estimate of drug-likeness (QED) is 0.878. The Bertz CT molecular complexity index is 432. The first-order chi connectivity index (χ1) is 8.68. The molecule has 2 rings (SSSR count). The summed E-state index contributed by atoms with van der Waals surface area (Å²) in [6.45, 7) is 0.729. The van der Waals surface area contributed by atoms with Gasteiger partial charge in [-0.2, -0.15) is 0 Å². The molecule has 0 aliphatic carbocycles. The van der Waals surface area contributed by atoms with Crippen LogP contribution in [-0.4, -0.2) is 41.3 Å². The van der Waals surface area contributed by atoms with Gasteiger partial charge in [-0.25, -0.2) is 9.59 Å². The standard InChI is InChI=1S/C13H15NO4/c15-12(16)11-6-8-14(11)13(17)18-9-7-10-4-2-1-3-5-10/h1-5,11H,6-9H2,(H,15,16)/t11-/m1/s1. The number of rotatable bonds is 4. The van der Waals surface area contributed by atoms with Crippen molar-refractivity contribution in [2.24, 2.45) is 0 Å². The molecule has 1 N–H and O–H groups in total. The van der Waals surface area contributed by atoms with E-state index in [1.165, 1.54) is 4.90 Å². The lowest BCUT2D eigenvalue weighted by Crippen LogP contribution is -2.55. The van der Waals surface area contributed by atoms with Crippen LogP contribution in [0.15, 0.2) is 30.3 Å². The van der Waals surface area contributed by atoms with Crippen LogP contribution >= 0.6 is 0 Å². The summed E-state index contributed by atoms with van der Waals surface area (Å²) in [6, 6.07) is 8.97. The number of carboxylic acid groups (broad SMARTS) is 1. The van der Waals surface area contributed by atoms with Gasteiger partial charge in [0, 0.05) is 13.0 Å². The fourth-order valence-electron chi connectivity index (χ4n) is 1.85. The van der Waals surface area contributed by atoms with Crippen molar-refractivity contribution >= 4 is 12.1 Å². The third-order valence-corrected chi connectivity index (χ3v) is 3.00. The second-order valence-electron chi connectivity index (χ2n) is 4.19. The minimum atomic E-state index is -0.971. The zero-order valence-corrected chi connectivity index (χ0v) is 9.91. The van der Waals surface area contributed by atoms with Crippen LogP contribution in [0.25, 0.3) is 0 Å². The molecule has 0 radical (unpaired) electrons. The molecule has 96 valence electrons. The first kappa shape index (κ1) is 12.4. The molecule has 1 aliphatic rings. The molecular weight excluding hydrogens is 234 g/mol. The van der Waals surface area contributed by atoms with Crippen LogP contribution in [-0.2, 0) is 16.0 Å². The van der Waals surface area contributed by atoms with E-state index in [0.29, 0.717) is 19.4 Å².